The Bertz CT molecular complexity index is 602. The number of halogens is 1. The number of rotatable bonds is 3. The first-order valence-electron chi connectivity index (χ1n) is 8.92. The average molecular weight is 437 g/mol. The molecule has 0 heterocycles. The number of hydrogen-bond donors (Lipinski definition) is 2. The van der Waals surface area contributed by atoms with Gasteiger partial charge in [0.1, 0.15) is 0 Å². The number of nitrogens with one attached hydrogen (secondary N) is 1. The molecule has 0 bridgehead atoms. The summed E-state index contributed by atoms with van der Waals surface area (Å²) in [5, 5.41) is 12.9. The standard InChI is InChI=1S/C21H35NO2.ClH.O.V/c1-19(2,3)15-10-14(12-22-17(13-23)21(7,8)9)18(24)16(11-15)20(4,5)6;;;/h10-12,17,22-23H,13H2,1-9H3;1H;;/b14-12-;;;/t17-;;;/m0.../s1. The van der Waals surface area contributed by atoms with E-state index in [1.165, 1.54) is 0 Å². The number of carbonyl (C=O) groups is 1. The van der Waals surface area contributed by atoms with E-state index in [9.17, 15) is 9.90 Å². The summed E-state index contributed by atoms with van der Waals surface area (Å²) in [5.74, 6) is 0.0635. The molecule has 2 N–H and O–H groups in total. The van der Waals surface area contributed by atoms with Crippen molar-refractivity contribution in [1.29, 1.82) is 0 Å². The molecule has 0 aromatic rings. The van der Waals surface area contributed by atoms with Crippen LogP contribution in [0.3, 0.4) is 0 Å². The molecular weight excluding hydrogens is 401 g/mol. The predicted octanol–water partition coefficient (Wildman–Crippen LogP) is 4.70. The van der Waals surface area contributed by atoms with E-state index < -0.39 is 0 Å². The molecule has 6 heteroatoms. The number of Topliss-reactive ketones (excluding diaryl/α,β-unsaturated/α-hetero) is 1. The molecule has 0 saturated carbocycles. The van der Waals surface area contributed by atoms with Gasteiger partial charge in [0.2, 0.25) is 0 Å². The van der Waals surface area contributed by atoms with Gasteiger partial charge in [0.05, 0.1) is 12.6 Å². The second-order valence-corrected chi connectivity index (χ2v) is 9.85. The molecule has 1 aliphatic rings. The Labute approximate surface area is 180 Å². The van der Waals surface area contributed by atoms with Crippen LogP contribution >= 0.6 is 12.4 Å². The van der Waals surface area contributed by atoms with Crippen molar-refractivity contribution in [3.8, 4) is 0 Å². The second-order valence-electron chi connectivity index (χ2n) is 9.85. The summed E-state index contributed by atoms with van der Waals surface area (Å²) in [4.78, 5) is 12.9. The molecule has 0 fully saturated rings. The Morgan fingerprint density at radius 1 is 1.00 bits per heavy atom. The van der Waals surface area contributed by atoms with Gasteiger partial charge >= 0.3 is 21.0 Å². The minimum atomic E-state index is -0.207. The summed E-state index contributed by atoms with van der Waals surface area (Å²) in [7, 11) is 0. The van der Waals surface area contributed by atoms with Crippen molar-refractivity contribution in [3.05, 3.63) is 35.1 Å². The van der Waals surface area contributed by atoms with E-state index in [2.05, 4.69) is 67.6 Å². The van der Waals surface area contributed by atoms with Crippen molar-refractivity contribution in [1.82, 2.24) is 5.32 Å². The Morgan fingerprint density at radius 3 is 1.81 bits per heavy atom. The van der Waals surface area contributed by atoms with Gasteiger partial charge in [0.25, 0.3) is 0 Å². The number of carbonyl (C=O) groups excluding carboxylic acids is 1. The fourth-order valence-corrected chi connectivity index (χ4v) is 2.52. The van der Waals surface area contributed by atoms with Gasteiger partial charge in [-0.05, 0) is 27.9 Å². The SMILES string of the molecule is CC(C)(C)C1=C/C(=C/N[C@@H](CO)C(C)(C)C)C(=O)C(C(C)(C)C)=C1.Cl.[O]=[V]. The van der Waals surface area contributed by atoms with Gasteiger partial charge in [-0.25, -0.2) is 0 Å². The summed E-state index contributed by atoms with van der Waals surface area (Å²) < 4.78 is 8.19. The molecule has 1 atom stereocenters. The maximum absolute atomic E-state index is 12.9. The van der Waals surface area contributed by atoms with Gasteiger partial charge in [-0.2, -0.15) is 0 Å². The van der Waals surface area contributed by atoms with E-state index in [0.717, 1.165) is 28.5 Å². The van der Waals surface area contributed by atoms with Crippen molar-refractivity contribution < 1.29 is 30.9 Å². The van der Waals surface area contributed by atoms with Gasteiger partial charge in [-0.15, -0.1) is 12.4 Å². The van der Waals surface area contributed by atoms with Gasteiger partial charge in [-0.1, -0.05) is 68.4 Å². The number of hydrogen-bond acceptors (Lipinski definition) is 4. The summed E-state index contributed by atoms with van der Waals surface area (Å²) in [6.45, 7) is 18.9. The molecule has 27 heavy (non-hydrogen) atoms. The molecule has 0 saturated heterocycles. The second kappa shape index (κ2) is 10.8. The third-order valence-electron chi connectivity index (χ3n) is 4.46. The molecule has 0 aromatic carbocycles. The van der Waals surface area contributed by atoms with Crippen molar-refractivity contribution in [2.24, 2.45) is 16.2 Å². The zero-order chi connectivity index (χ0) is 20.9. The van der Waals surface area contributed by atoms with Crippen LogP contribution < -0.4 is 5.32 Å². The Kier molecular flexibility index (Phi) is 11.4. The molecule has 1 rings (SSSR count). The van der Waals surface area contributed by atoms with E-state index in [1.807, 2.05) is 12.2 Å². The van der Waals surface area contributed by atoms with Gasteiger partial charge in [0, 0.05) is 17.3 Å². The number of aliphatic hydroxyl groups excluding tert-OH is 1. The Morgan fingerprint density at radius 2 is 1.48 bits per heavy atom. The summed E-state index contributed by atoms with van der Waals surface area (Å²) in [5.41, 5.74) is 2.31. The molecule has 1 aliphatic carbocycles. The first kappa shape index (κ1) is 28.5. The first-order chi connectivity index (χ1) is 11.7. The van der Waals surface area contributed by atoms with Crippen LogP contribution in [-0.4, -0.2) is 23.5 Å². The van der Waals surface area contributed by atoms with Gasteiger partial charge in [-0.3, -0.25) is 4.79 Å². The quantitative estimate of drug-likeness (QED) is 0.629. The van der Waals surface area contributed by atoms with Crippen molar-refractivity contribution in [3.63, 3.8) is 0 Å². The van der Waals surface area contributed by atoms with Crippen LogP contribution in [0.1, 0.15) is 62.3 Å². The van der Waals surface area contributed by atoms with E-state index in [1.54, 1.807) is 6.20 Å². The molecule has 155 valence electrons. The molecule has 0 unspecified atom stereocenters. The van der Waals surface area contributed by atoms with Crippen LogP contribution in [0.2, 0.25) is 0 Å². The summed E-state index contributed by atoms with van der Waals surface area (Å²) >= 11 is 1.06. The van der Waals surface area contributed by atoms with E-state index >= 15 is 0 Å². The third-order valence-corrected chi connectivity index (χ3v) is 4.46. The third kappa shape index (κ3) is 8.47. The van der Waals surface area contributed by atoms with Crippen LogP contribution in [0, 0.1) is 16.2 Å². The molecule has 4 nitrogen and oxygen atoms in total. The monoisotopic (exact) mass is 436 g/mol. The van der Waals surface area contributed by atoms with Crippen LogP contribution in [0.15, 0.2) is 35.1 Å². The van der Waals surface area contributed by atoms with Crippen LogP contribution in [0.4, 0.5) is 0 Å². The van der Waals surface area contributed by atoms with Crippen molar-refractivity contribution in [2.75, 3.05) is 6.61 Å². The Balaban J connectivity index is 0. The fraction of sp³-hybridized carbons (Fsp3) is 0.667. The van der Waals surface area contributed by atoms with Crippen molar-refractivity contribution >= 4 is 18.2 Å². The molecule has 0 aliphatic heterocycles. The van der Waals surface area contributed by atoms with E-state index in [0.29, 0.717) is 5.57 Å². The minimum absolute atomic E-state index is 0. The molecular formula is C21H36ClNO3V. The number of ketones is 1. The van der Waals surface area contributed by atoms with Crippen LogP contribution in [-0.2, 0) is 25.8 Å². The predicted molar refractivity (Wildman–Crippen MR) is 110 cm³/mol. The Hall–Kier alpha value is -0.676. The molecule has 0 aromatic heterocycles. The number of aliphatic hydroxyl groups is 1. The first-order valence-corrected chi connectivity index (χ1v) is 9.49. The fourth-order valence-electron chi connectivity index (χ4n) is 2.52. The van der Waals surface area contributed by atoms with Crippen LogP contribution in [0.25, 0.3) is 0 Å². The summed E-state index contributed by atoms with van der Waals surface area (Å²) in [6.07, 6.45) is 5.80. The molecule has 0 radical (unpaired) electrons. The maximum atomic E-state index is 12.9. The topological polar surface area (TPSA) is 66.4 Å². The average Bonchev–Trinajstić information content (AvgIpc) is 2.47. The van der Waals surface area contributed by atoms with Crippen molar-refractivity contribution in [2.45, 2.75) is 68.4 Å². The van der Waals surface area contributed by atoms with E-state index in [4.69, 9.17) is 3.67 Å². The summed E-state index contributed by atoms with van der Waals surface area (Å²) in [6, 6.07) is -0.103. The zero-order valence-electron chi connectivity index (χ0n) is 18.1. The number of allylic oxidation sites excluding steroid dienone is 5. The van der Waals surface area contributed by atoms with Gasteiger partial charge < -0.3 is 10.4 Å². The van der Waals surface area contributed by atoms with E-state index in [-0.39, 0.29) is 47.1 Å². The van der Waals surface area contributed by atoms with Gasteiger partial charge in [0.15, 0.2) is 5.78 Å². The molecule has 0 spiro atoms. The normalized spacial score (nSPS) is 17.8. The molecule has 0 amide bonds. The van der Waals surface area contributed by atoms with Crippen LogP contribution in [0.5, 0.6) is 0 Å². The zero-order valence-corrected chi connectivity index (χ0v) is 20.3.